The predicted octanol–water partition coefficient (Wildman–Crippen LogP) is 3.97. The number of benzene rings is 2. The van der Waals surface area contributed by atoms with Gasteiger partial charge in [0.25, 0.3) is 5.91 Å². The van der Waals surface area contributed by atoms with Crippen LogP contribution in [0.15, 0.2) is 42.6 Å². The van der Waals surface area contributed by atoms with Crippen molar-refractivity contribution >= 4 is 5.91 Å². The SMILES string of the molecule is CCn1nccc1CNC(=O)c1ccc(COc2c(F)c(F)cc(F)c2F)cc1. The van der Waals surface area contributed by atoms with E-state index in [9.17, 15) is 22.4 Å². The second kappa shape index (κ2) is 8.76. The number of aryl methyl sites for hydroxylation is 1. The van der Waals surface area contributed by atoms with Crippen molar-refractivity contribution < 1.29 is 27.1 Å². The van der Waals surface area contributed by atoms with Gasteiger partial charge in [-0.15, -0.1) is 0 Å². The molecule has 9 heteroatoms. The normalized spacial score (nSPS) is 10.8. The summed E-state index contributed by atoms with van der Waals surface area (Å²) in [6, 6.07) is 7.94. The average molecular weight is 407 g/mol. The van der Waals surface area contributed by atoms with Gasteiger partial charge in [0.15, 0.2) is 17.4 Å². The van der Waals surface area contributed by atoms with Crippen LogP contribution in [-0.4, -0.2) is 15.7 Å². The maximum absolute atomic E-state index is 13.6. The van der Waals surface area contributed by atoms with Crippen LogP contribution in [0.3, 0.4) is 0 Å². The van der Waals surface area contributed by atoms with Crippen molar-refractivity contribution in [3.05, 3.63) is 82.7 Å². The third kappa shape index (κ3) is 4.56. The number of carbonyl (C=O) groups is 1. The van der Waals surface area contributed by atoms with E-state index in [0.717, 1.165) is 5.69 Å². The molecule has 5 nitrogen and oxygen atoms in total. The molecule has 0 fully saturated rings. The number of ether oxygens (including phenoxy) is 1. The molecule has 0 atom stereocenters. The van der Waals surface area contributed by atoms with Crippen molar-refractivity contribution in [1.29, 1.82) is 0 Å². The largest absolute Gasteiger partial charge is 0.483 e. The number of halogens is 4. The molecule has 1 aromatic heterocycles. The van der Waals surface area contributed by atoms with E-state index < -0.39 is 29.0 Å². The summed E-state index contributed by atoms with van der Waals surface area (Å²) >= 11 is 0. The molecule has 1 amide bonds. The van der Waals surface area contributed by atoms with E-state index in [2.05, 4.69) is 10.4 Å². The van der Waals surface area contributed by atoms with Gasteiger partial charge in [0.1, 0.15) is 6.61 Å². The number of nitrogens with one attached hydrogen (secondary N) is 1. The number of aromatic nitrogens is 2. The van der Waals surface area contributed by atoms with Crippen molar-refractivity contribution in [2.75, 3.05) is 0 Å². The lowest BCUT2D eigenvalue weighted by atomic mass is 10.1. The monoisotopic (exact) mass is 407 g/mol. The van der Waals surface area contributed by atoms with Gasteiger partial charge in [-0.05, 0) is 30.7 Å². The quantitative estimate of drug-likeness (QED) is 0.476. The van der Waals surface area contributed by atoms with Gasteiger partial charge < -0.3 is 10.1 Å². The topological polar surface area (TPSA) is 56.2 Å². The Morgan fingerprint density at radius 3 is 2.34 bits per heavy atom. The molecule has 2 aromatic carbocycles. The molecule has 0 aliphatic rings. The summed E-state index contributed by atoms with van der Waals surface area (Å²) in [5.41, 5.74) is 1.68. The first kappa shape index (κ1) is 20.4. The summed E-state index contributed by atoms with van der Waals surface area (Å²) < 4.78 is 60.3. The Morgan fingerprint density at radius 1 is 1.07 bits per heavy atom. The molecule has 0 spiro atoms. The fourth-order valence-electron chi connectivity index (χ4n) is 2.65. The second-order valence-corrected chi connectivity index (χ2v) is 6.10. The van der Waals surface area contributed by atoms with Crippen LogP contribution in [0, 0.1) is 23.3 Å². The molecule has 1 N–H and O–H groups in total. The van der Waals surface area contributed by atoms with Crippen molar-refractivity contribution in [3.63, 3.8) is 0 Å². The van der Waals surface area contributed by atoms with E-state index in [1.54, 1.807) is 16.9 Å². The lowest BCUT2D eigenvalue weighted by Gasteiger charge is -2.10. The van der Waals surface area contributed by atoms with E-state index in [0.29, 0.717) is 24.2 Å². The van der Waals surface area contributed by atoms with Crippen molar-refractivity contribution in [3.8, 4) is 5.75 Å². The summed E-state index contributed by atoms with van der Waals surface area (Å²) in [5, 5.41) is 6.88. The first-order valence-electron chi connectivity index (χ1n) is 8.74. The van der Waals surface area contributed by atoms with E-state index in [-0.39, 0.29) is 18.6 Å². The molecule has 29 heavy (non-hydrogen) atoms. The van der Waals surface area contributed by atoms with Gasteiger partial charge in [0.2, 0.25) is 11.6 Å². The highest BCUT2D eigenvalue weighted by molar-refractivity contribution is 5.94. The molecular formula is C20H17F4N3O2. The number of hydrogen-bond acceptors (Lipinski definition) is 3. The lowest BCUT2D eigenvalue weighted by molar-refractivity contribution is 0.0950. The van der Waals surface area contributed by atoms with Gasteiger partial charge in [-0.25, -0.2) is 8.78 Å². The Hall–Kier alpha value is -3.36. The molecule has 1 heterocycles. The number of amides is 1. The first-order chi connectivity index (χ1) is 13.9. The Kier molecular flexibility index (Phi) is 6.16. The van der Waals surface area contributed by atoms with Gasteiger partial charge >= 0.3 is 0 Å². The molecule has 0 aliphatic heterocycles. The number of carbonyl (C=O) groups excluding carboxylic acids is 1. The number of nitrogens with zero attached hydrogens (tertiary/aromatic N) is 2. The number of rotatable bonds is 7. The first-order valence-corrected chi connectivity index (χ1v) is 8.74. The standard InChI is InChI=1S/C20H17F4N3O2/c1-2-27-14(7-8-26-27)10-25-20(28)13-5-3-12(4-6-13)11-29-19-17(23)15(21)9-16(22)18(19)24/h3-9H,2,10-11H2,1H3,(H,25,28). The Morgan fingerprint density at radius 2 is 1.72 bits per heavy atom. The van der Waals surface area contributed by atoms with Gasteiger partial charge in [-0.1, -0.05) is 12.1 Å². The fraction of sp³-hybridized carbons (Fsp3) is 0.200. The molecule has 152 valence electrons. The molecular weight excluding hydrogens is 390 g/mol. The molecule has 0 saturated heterocycles. The van der Waals surface area contributed by atoms with Crippen LogP contribution in [0.1, 0.15) is 28.5 Å². The minimum Gasteiger partial charge on any atom is -0.483 e. The van der Waals surface area contributed by atoms with Crippen molar-refractivity contribution in [2.24, 2.45) is 0 Å². The van der Waals surface area contributed by atoms with Crippen LogP contribution in [0.4, 0.5) is 17.6 Å². The van der Waals surface area contributed by atoms with Gasteiger partial charge in [-0.2, -0.15) is 13.9 Å². The van der Waals surface area contributed by atoms with Gasteiger partial charge in [0, 0.05) is 24.4 Å². The maximum Gasteiger partial charge on any atom is 0.251 e. The number of hydrogen-bond donors (Lipinski definition) is 1. The summed E-state index contributed by atoms with van der Waals surface area (Å²) in [7, 11) is 0. The predicted molar refractivity (Wildman–Crippen MR) is 96.1 cm³/mol. The third-order valence-corrected chi connectivity index (χ3v) is 4.20. The van der Waals surface area contributed by atoms with Crippen molar-refractivity contribution in [2.45, 2.75) is 26.6 Å². The second-order valence-electron chi connectivity index (χ2n) is 6.10. The highest BCUT2D eigenvalue weighted by Gasteiger charge is 2.20. The zero-order valence-electron chi connectivity index (χ0n) is 15.4. The Bertz CT molecular complexity index is 993. The van der Waals surface area contributed by atoms with Crippen LogP contribution in [0.2, 0.25) is 0 Å². The lowest BCUT2D eigenvalue weighted by Crippen LogP contribution is -2.24. The highest BCUT2D eigenvalue weighted by Crippen LogP contribution is 2.27. The highest BCUT2D eigenvalue weighted by atomic mass is 19.2. The molecule has 3 aromatic rings. The van der Waals surface area contributed by atoms with Crippen molar-refractivity contribution in [1.82, 2.24) is 15.1 Å². The van der Waals surface area contributed by atoms with E-state index in [1.165, 1.54) is 24.3 Å². The molecule has 0 radical (unpaired) electrons. The molecule has 0 aliphatic carbocycles. The summed E-state index contributed by atoms with van der Waals surface area (Å²) in [6.45, 7) is 2.59. The van der Waals surface area contributed by atoms with Crippen LogP contribution >= 0.6 is 0 Å². The minimum atomic E-state index is -1.61. The average Bonchev–Trinajstić information content (AvgIpc) is 3.18. The zero-order chi connectivity index (χ0) is 21.0. The van der Waals surface area contributed by atoms with Crippen LogP contribution in [0.25, 0.3) is 0 Å². The summed E-state index contributed by atoms with van der Waals surface area (Å²) in [4.78, 5) is 12.2. The van der Waals surface area contributed by atoms with E-state index in [1.807, 2.05) is 6.92 Å². The van der Waals surface area contributed by atoms with E-state index >= 15 is 0 Å². The molecule has 0 unspecified atom stereocenters. The van der Waals surface area contributed by atoms with Gasteiger partial charge in [-0.3, -0.25) is 9.48 Å². The van der Waals surface area contributed by atoms with E-state index in [4.69, 9.17) is 4.74 Å². The van der Waals surface area contributed by atoms with Crippen LogP contribution < -0.4 is 10.1 Å². The molecule has 3 rings (SSSR count). The molecule has 0 saturated carbocycles. The molecule has 0 bridgehead atoms. The smallest absolute Gasteiger partial charge is 0.251 e. The summed E-state index contributed by atoms with van der Waals surface area (Å²) in [6.07, 6.45) is 1.65. The minimum absolute atomic E-state index is 0.110. The Balaban J connectivity index is 1.61. The zero-order valence-corrected chi connectivity index (χ0v) is 15.4. The fourth-order valence-corrected chi connectivity index (χ4v) is 2.65. The third-order valence-electron chi connectivity index (χ3n) is 4.20. The van der Waals surface area contributed by atoms with Crippen LogP contribution in [0.5, 0.6) is 5.75 Å². The van der Waals surface area contributed by atoms with Gasteiger partial charge in [0.05, 0.1) is 12.2 Å². The Labute approximate surface area is 163 Å². The maximum atomic E-state index is 13.6. The summed E-state index contributed by atoms with van der Waals surface area (Å²) in [5.74, 6) is -7.74. The van der Waals surface area contributed by atoms with Crippen LogP contribution in [-0.2, 0) is 19.7 Å².